The zero-order valence-electron chi connectivity index (χ0n) is 16.3. The molecule has 0 amide bonds. The van der Waals surface area contributed by atoms with E-state index < -0.39 is 10.0 Å². The lowest BCUT2D eigenvalue weighted by Gasteiger charge is -2.32. The van der Waals surface area contributed by atoms with E-state index in [1.165, 1.54) is 0 Å². The van der Waals surface area contributed by atoms with Gasteiger partial charge in [0.1, 0.15) is 0 Å². The molecule has 1 aliphatic heterocycles. The highest BCUT2D eigenvalue weighted by atomic mass is 32.2. The van der Waals surface area contributed by atoms with Gasteiger partial charge in [-0.15, -0.1) is 0 Å². The van der Waals surface area contributed by atoms with E-state index in [0.29, 0.717) is 26.1 Å². The van der Waals surface area contributed by atoms with E-state index in [1.807, 2.05) is 38.1 Å². The van der Waals surface area contributed by atoms with Crippen LogP contribution in [0.4, 0.5) is 0 Å². The number of nitrogens with zero attached hydrogens (tertiary/aromatic N) is 2. The summed E-state index contributed by atoms with van der Waals surface area (Å²) in [5.41, 5.74) is 1.88. The first-order chi connectivity index (χ1) is 13.0. The van der Waals surface area contributed by atoms with E-state index in [1.54, 1.807) is 4.31 Å². The molecule has 27 heavy (non-hydrogen) atoms. The first-order valence-corrected chi connectivity index (χ1v) is 11.3. The average molecular weight is 397 g/mol. The van der Waals surface area contributed by atoms with Crippen LogP contribution in [-0.4, -0.2) is 55.2 Å². The molecule has 1 heterocycles. The predicted molar refractivity (Wildman–Crippen MR) is 109 cm³/mol. The van der Waals surface area contributed by atoms with Crippen LogP contribution < -0.4 is 10.6 Å². The Balaban J connectivity index is 1.95. The van der Waals surface area contributed by atoms with Gasteiger partial charge in [-0.3, -0.25) is 0 Å². The molecule has 0 spiro atoms. The van der Waals surface area contributed by atoms with Gasteiger partial charge < -0.3 is 15.7 Å². The van der Waals surface area contributed by atoms with E-state index in [9.17, 15) is 13.5 Å². The number of guanidine groups is 1. The summed E-state index contributed by atoms with van der Waals surface area (Å²) in [4.78, 5) is 4.64. The monoisotopic (exact) mass is 396 g/mol. The molecule has 1 aromatic carbocycles. The molecule has 0 radical (unpaired) electrons. The fraction of sp³-hybridized carbons (Fsp3) is 0.632. The van der Waals surface area contributed by atoms with Gasteiger partial charge in [0.2, 0.25) is 10.0 Å². The Morgan fingerprint density at radius 1 is 1.22 bits per heavy atom. The Hall–Kier alpha value is -1.64. The van der Waals surface area contributed by atoms with Crippen LogP contribution in [0.15, 0.2) is 29.3 Å². The van der Waals surface area contributed by atoms with Gasteiger partial charge >= 0.3 is 0 Å². The smallest absolute Gasteiger partial charge is 0.214 e. The summed E-state index contributed by atoms with van der Waals surface area (Å²) in [5, 5.41) is 16.1. The summed E-state index contributed by atoms with van der Waals surface area (Å²) in [6, 6.07) is 7.91. The van der Waals surface area contributed by atoms with Crippen molar-refractivity contribution in [3.8, 4) is 0 Å². The van der Waals surface area contributed by atoms with E-state index in [0.717, 1.165) is 36.5 Å². The molecule has 0 aromatic heterocycles. The van der Waals surface area contributed by atoms with Gasteiger partial charge in [-0.05, 0) is 37.3 Å². The second-order valence-corrected chi connectivity index (χ2v) is 8.84. The third-order valence-electron chi connectivity index (χ3n) is 4.69. The third kappa shape index (κ3) is 6.48. The van der Waals surface area contributed by atoms with Gasteiger partial charge in [-0.2, -0.15) is 0 Å². The van der Waals surface area contributed by atoms with Crippen molar-refractivity contribution >= 4 is 16.0 Å². The molecule has 0 atom stereocenters. The zero-order valence-corrected chi connectivity index (χ0v) is 17.1. The summed E-state index contributed by atoms with van der Waals surface area (Å²) in [7, 11) is -3.11. The van der Waals surface area contributed by atoms with Crippen LogP contribution in [0.2, 0.25) is 0 Å². The highest BCUT2D eigenvalue weighted by molar-refractivity contribution is 7.89. The summed E-state index contributed by atoms with van der Waals surface area (Å²) in [5.74, 6) is 0.944. The molecule has 1 aromatic rings. The summed E-state index contributed by atoms with van der Waals surface area (Å²) < 4.78 is 26.0. The van der Waals surface area contributed by atoms with Crippen molar-refractivity contribution in [2.24, 2.45) is 4.99 Å². The number of aliphatic hydroxyl groups excluding tert-OH is 1. The molecular formula is C19H32N4O3S. The van der Waals surface area contributed by atoms with Crippen molar-refractivity contribution in [2.75, 3.05) is 25.4 Å². The van der Waals surface area contributed by atoms with E-state index in [2.05, 4.69) is 15.6 Å². The Morgan fingerprint density at radius 2 is 1.89 bits per heavy atom. The number of piperidine rings is 1. The van der Waals surface area contributed by atoms with Gasteiger partial charge in [0.25, 0.3) is 0 Å². The van der Waals surface area contributed by atoms with Gasteiger partial charge in [0, 0.05) is 25.7 Å². The molecule has 0 saturated carbocycles. The number of sulfonamides is 1. The van der Waals surface area contributed by atoms with Crippen molar-refractivity contribution in [3.63, 3.8) is 0 Å². The fourth-order valence-electron chi connectivity index (χ4n) is 3.21. The average Bonchev–Trinajstić information content (AvgIpc) is 2.67. The maximum atomic E-state index is 12.2. The third-order valence-corrected chi connectivity index (χ3v) is 6.77. The fourth-order valence-corrected chi connectivity index (χ4v) is 4.75. The zero-order chi connectivity index (χ0) is 19.7. The van der Waals surface area contributed by atoms with Crippen LogP contribution in [0.25, 0.3) is 0 Å². The minimum Gasteiger partial charge on any atom is -0.392 e. The number of rotatable bonds is 8. The lowest BCUT2D eigenvalue weighted by molar-refractivity contribution is 0.280. The maximum Gasteiger partial charge on any atom is 0.214 e. The topological polar surface area (TPSA) is 94.0 Å². The van der Waals surface area contributed by atoms with Gasteiger partial charge in [0.15, 0.2) is 5.96 Å². The van der Waals surface area contributed by atoms with Crippen molar-refractivity contribution in [1.82, 2.24) is 14.9 Å². The van der Waals surface area contributed by atoms with Crippen molar-refractivity contribution < 1.29 is 13.5 Å². The number of nitrogens with one attached hydrogen (secondary N) is 2. The van der Waals surface area contributed by atoms with Gasteiger partial charge in [-0.1, -0.05) is 31.2 Å². The molecular weight excluding hydrogens is 364 g/mol. The SMILES string of the molecule is CCCS(=O)(=O)N1CCC(NC(=NCc2ccccc2CO)NCC)CC1. The minimum atomic E-state index is -3.11. The Bertz CT molecular complexity index is 713. The molecule has 0 aliphatic carbocycles. The van der Waals surface area contributed by atoms with Crippen molar-refractivity contribution in [3.05, 3.63) is 35.4 Å². The number of aliphatic hydroxyl groups is 1. The number of hydrogen-bond acceptors (Lipinski definition) is 4. The van der Waals surface area contributed by atoms with E-state index in [-0.39, 0.29) is 18.4 Å². The van der Waals surface area contributed by atoms with E-state index >= 15 is 0 Å². The molecule has 0 bridgehead atoms. The summed E-state index contributed by atoms with van der Waals surface area (Å²) in [6.45, 7) is 6.23. The molecule has 7 nitrogen and oxygen atoms in total. The highest BCUT2D eigenvalue weighted by Crippen LogP contribution is 2.15. The molecule has 1 aliphatic rings. The van der Waals surface area contributed by atoms with Crippen molar-refractivity contribution in [1.29, 1.82) is 0 Å². The van der Waals surface area contributed by atoms with Crippen molar-refractivity contribution in [2.45, 2.75) is 52.3 Å². The summed E-state index contributed by atoms with van der Waals surface area (Å²) in [6.07, 6.45) is 2.17. The predicted octanol–water partition coefficient (Wildman–Crippen LogP) is 1.44. The number of aliphatic imine (C=N–C) groups is 1. The Kier molecular flexibility index (Phi) is 8.53. The molecule has 152 valence electrons. The lowest BCUT2D eigenvalue weighted by atomic mass is 10.1. The number of benzene rings is 1. The molecule has 0 unspecified atom stereocenters. The van der Waals surface area contributed by atoms with Crippen LogP contribution in [0, 0.1) is 0 Å². The van der Waals surface area contributed by atoms with Crippen LogP contribution in [0.1, 0.15) is 44.2 Å². The Morgan fingerprint density at radius 3 is 2.48 bits per heavy atom. The standard InChI is InChI=1S/C19H32N4O3S/c1-3-13-27(25,26)23-11-9-18(10-12-23)22-19(20-4-2)21-14-16-7-5-6-8-17(16)15-24/h5-8,18,24H,3-4,9-15H2,1-2H3,(H2,20,21,22). The molecule has 1 fully saturated rings. The first-order valence-electron chi connectivity index (χ1n) is 9.70. The molecule has 3 N–H and O–H groups in total. The van der Waals surface area contributed by atoms with Crippen LogP contribution in [0.3, 0.4) is 0 Å². The van der Waals surface area contributed by atoms with Gasteiger partial charge in [-0.25, -0.2) is 17.7 Å². The minimum absolute atomic E-state index is 0.000352. The largest absolute Gasteiger partial charge is 0.392 e. The second kappa shape index (κ2) is 10.6. The quantitative estimate of drug-likeness (QED) is 0.457. The van der Waals surface area contributed by atoms with Crippen LogP contribution in [-0.2, 0) is 23.2 Å². The summed E-state index contributed by atoms with van der Waals surface area (Å²) >= 11 is 0. The van der Waals surface area contributed by atoms with Gasteiger partial charge in [0.05, 0.1) is 18.9 Å². The Labute approximate surface area is 162 Å². The van der Waals surface area contributed by atoms with E-state index in [4.69, 9.17) is 0 Å². The maximum absolute atomic E-state index is 12.2. The lowest BCUT2D eigenvalue weighted by Crippen LogP contribution is -2.50. The van der Waals surface area contributed by atoms with Crippen LogP contribution >= 0.6 is 0 Å². The van der Waals surface area contributed by atoms with Crippen LogP contribution in [0.5, 0.6) is 0 Å². The first kappa shape index (κ1) is 21.7. The second-order valence-electron chi connectivity index (χ2n) is 6.76. The molecule has 1 saturated heterocycles. The number of hydrogen-bond donors (Lipinski definition) is 3. The molecule has 8 heteroatoms. The molecule has 2 rings (SSSR count). The highest BCUT2D eigenvalue weighted by Gasteiger charge is 2.27. The normalized spacial score (nSPS) is 17.1.